The predicted molar refractivity (Wildman–Crippen MR) is 91.2 cm³/mol. The number of nitrogens with zero attached hydrogens (tertiary/aromatic N) is 1. The molecule has 1 amide bonds. The highest BCUT2D eigenvalue weighted by Gasteiger charge is 2.17. The molecule has 2 aromatic rings. The van der Waals surface area contributed by atoms with Crippen LogP contribution in [0.2, 0.25) is 0 Å². The molecule has 0 aromatic heterocycles. The Bertz CT molecular complexity index is 750. The maximum atomic E-state index is 11.9. The molecule has 23 heavy (non-hydrogen) atoms. The molecule has 0 aliphatic heterocycles. The van der Waals surface area contributed by atoms with Crippen molar-refractivity contribution in [3.63, 3.8) is 0 Å². The third-order valence-electron chi connectivity index (χ3n) is 3.22. The molecule has 0 saturated carbocycles. The maximum Gasteiger partial charge on any atom is 0.412 e. The molecule has 2 rings (SSSR count). The largest absolute Gasteiger partial charge is 0.444 e. The number of aryl methyl sites for hydroxylation is 1. The van der Waals surface area contributed by atoms with Gasteiger partial charge in [-0.05, 0) is 62.6 Å². The summed E-state index contributed by atoms with van der Waals surface area (Å²) in [7, 11) is 0. The van der Waals surface area contributed by atoms with Crippen molar-refractivity contribution >= 4 is 11.8 Å². The standard InChI is InChI=1S/C19H20N2O2/c1-13-5-8-16(15-9-6-14(12-20)7-10-15)11-17(13)21-18(22)23-19(2,3)4/h5-11H,1-4H3,(H,21,22). The molecule has 1 N–H and O–H groups in total. The summed E-state index contributed by atoms with van der Waals surface area (Å²) in [5.74, 6) is 0. The average molecular weight is 308 g/mol. The monoisotopic (exact) mass is 308 g/mol. The Morgan fingerprint density at radius 3 is 2.26 bits per heavy atom. The highest BCUT2D eigenvalue weighted by atomic mass is 16.6. The number of ether oxygens (including phenoxy) is 1. The van der Waals surface area contributed by atoms with E-state index in [-0.39, 0.29) is 0 Å². The van der Waals surface area contributed by atoms with E-state index in [2.05, 4.69) is 11.4 Å². The minimum atomic E-state index is -0.539. The van der Waals surface area contributed by atoms with E-state index in [1.165, 1.54) is 0 Å². The van der Waals surface area contributed by atoms with Crippen molar-refractivity contribution in [1.29, 1.82) is 5.26 Å². The van der Waals surface area contributed by atoms with Crippen LogP contribution >= 0.6 is 0 Å². The lowest BCUT2D eigenvalue weighted by atomic mass is 10.0. The minimum absolute atomic E-state index is 0.474. The third kappa shape index (κ3) is 4.58. The van der Waals surface area contributed by atoms with Crippen molar-refractivity contribution in [2.75, 3.05) is 5.32 Å². The maximum absolute atomic E-state index is 11.9. The van der Waals surface area contributed by atoms with Gasteiger partial charge in [0.15, 0.2) is 0 Å². The Morgan fingerprint density at radius 1 is 1.09 bits per heavy atom. The summed E-state index contributed by atoms with van der Waals surface area (Å²) in [6.07, 6.45) is -0.474. The van der Waals surface area contributed by atoms with E-state index in [0.717, 1.165) is 16.7 Å². The number of anilines is 1. The molecule has 0 fully saturated rings. The van der Waals surface area contributed by atoms with E-state index in [0.29, 0.717) is 11.3 Å². The van der Waals surface area contributed by atoms with Gasteiger partial charge in [0.2, 0.25) is 0 Å². The molecule has 4 heteroatoms. The molecule has 4 nitrogen and oxygen atoms in total. The first kappa shape index (κ1) is 16.6. The quantitative estimate of drug-likeness (QED) is 0.860. The van der Waals surface area contributed by atoms with Crippen LogP contribution < -0.4 is 5.32 Å². The van der Waals surface area contributed by atoms with E-state index in [9.17, 15) is 4.79 Å². The fourth-order valence-corrected chi connectivity index (χ4v) is 2.09. The summed E-state index contributed by atoms with van der Waals surface area (Å²) in [6.45, 7) is 7.40. The van der Waals surface area contributed by atoms with Gasteiger partial charge in [-0.1, -0.05) is 24.3 Å². The molecule has 0 radical (unpaired) electrons. The van der Waals surface area contributed by atoms with Gasteiger partial charge in [-0.25, -0.2) is 4.79 Å². The lowest BCUT2D eigenvalue weighted by Gasteiger charge is -2.20. The van der Waals surface area contributed by atoms with E-state index < -0.39 is 11.7 Å². The van der Waals surface area contributed by atoms with Gasteiger partial charge in [-0.15, -0.1) is 0 Å². The topological polar surface area (TPSA) is 62.1 Å². The molecule has 0 atom stereocenters. The lowest BCUT2D eigenvalue weighted by Crippen LogP contribution is -2.27. The van der Waals surface area contributed by atoms with Crippen LogP contribution in [0.5, 0.6) is 0 Å². The Labute approximate surface area is 136 Å². The third-order valence-corrected chi connectivity index (χ3v) is 3.22. The zero-order chi connectivity index (χ0) is 17.0. The van der Waals surface area contributed by atoms with E-state index >= 15 is 0 Å². The molecule has 0 aliphatic carbocycles. The minimum Gasteiger partial charge on any atom is -0.444 e. The molecule has 0 spiro atoms. The van der Waals surface area contributed by atoms with Crippen LogP contribution in [0.1, 0.15) is 31.9 Å². The number of nitrogens with one attached hydrogen (secondary N) is 1. The van der Waals surface area contributed by atoms with Gasteiger partial charge in [-0.3, -0.25) is 5.32 Å². The number of rotatable bonds is 2. The van der Waals surface area contributed by atoms with Crippen molar-refractivity contribution in [2.24, 2.45) is 0 Å². The second kappa shape index (κ2) is 6.53. The molecule has 2 aromatic carbocycles. The van der Waals surface area contributed by atoms with E-state index in [1.54, 1.807) is 12.1 Å². The number of hydrogen-bond acceptors (Lipinski definition) is 3. The second-order valence-corrected chi connectivity index (χ2v) is 6.35. The van der Waals surface area contributed by atoms with Gasteiger partial charge in [0, 0.05) is 5.69 Å². The number of nitriles is 1. The molecule has 0 saturated heterocycles. The second-order valence-electron chi connectivity index (χ2n) is 6.35. The van der Waals surface area contributed by atoms with Gasteiger partial charge >= 0.3 is 6.09 Å². The normalized spacial score (nSPS) is 10.7. The van der Waals surface area contributed by atoms with Crippen molar-refractivity contribution in [2.45, 2.75) is 33.3 Å². The Morgan fingerprint density at radius 2 is 1.70 bits per heavy atom. The Kier molecular flexibility index (Phi) is 4.71. The number of carbonyl (C=O) groups is 1. The highest BCUT2D eigenvalue weighted by molar-refractivity contribution is 5.87. The summed E-state index contributed by atoms with van der Waals surface area (Å²) in [5, 5.41) is 11.6. The number of hydrogen-bond donors (Lipinski definition) is 1. The van der Waals surface area contributed by atoms with Gasteiger partial charge in [0.25, 0.3) is 0 Å². The molecular formula is C19H20N2O2. The summed E-state index contributed by atoms with van der Waals surface area (Å²) in [5.41, 5.74) is 3.69. The number of carbonyl (C=O) groups excluding carboxylic acids is 1. The van der Waals surface area contributed by atoms with E-state index in [1.807, 2.05) is 58.0 Å². The predicted octanol–water partition coefficient (Wildman–Crippen LogP) is 4.88. The highest BCUT2D eigenvalue weighted by Crippen LogP contribution is 2.26. The van der Waals surface area contributed by atoms with Crippen molar-refractivity contribution in [1.82, 2.24) is 0 Å². The first-order chi connectivity index (χ1) is 10.8. The summed E-state index contributed by atoms with van der Waals surface area (Å²) >= 11 is 0. The molecule has 0 unspecified atom stereocenters. The summed E-state index contributed by atoms with van der Waals surface area (Å²) < 4.78 is 5.29. The van der Waals surface area contributed by atoms with E-state index in [4.69, 9.17) is 10.00 Å². The first-order valence-electron chi connectivity index (χ1n) is 7.40. The molecule has 118 valence electrons. The van der Waals surface area contributed by atoms with Gasteiger partial charge < -0.3 is 4.74 Å². The SMILES string of the molecule is Cc1ccc(-c2ccc(C#N)cc2)cc1NC(=O)OC(C)(C)C. The van der Waals surface area contributed by atoms with Crippen LogP contribution in [0, 0.1) is 18.3 Å². The summed E-state index contributed by atoms with van der Waals surface area (Å²) in [4.78, 5) is 11.9. The van der Waals surface area contributed by atoms with Crippen LogP contribution in [-0.4, -0.2) is 11.7 Å². The molecule has 0 bridgehead atoms. The fourth-order valence-electron chi connectivity index (χ4n) is 2.09. The van der Waals surface area contributed by atoms with Gasteiger partial charge in [-0.2, -0.15) is 5.26 Å². The van der Waals surface area contributed by atoms with Crippen LogP contribution in [0.15, 0.2) is 42.5 Å². The lowest BCUT2D eigenvalue weighted by molar-refractivity contribution is 0.0636. The average Bonchev–Trinajstić information content (AvgIpc) is 2.48. The van der Waals surface area contributed by atoms with Crippen LogP contribution in [0.3, 0.4) is 0 Å². The number of benzene rings is 2. The number of amides is 1. The Hall–Kier alpha value is -2.80. The first-order valence-corrected chi connectivity index (χ1v) is 7.40. The van der Waals surface area contributed by atoms with Gasteiger partial charge in [0.05, 0.1) is 11.6 Å². The summed E-state index contributed by atoms with van der Waals surface area (Å²) in [6, 6.07) is 15.3. The zero-order valence-corrected chi connectivity index (χ0v) is 13.8. The smallest absolute Gasteiger partial charge is 0.412 e. The Balaban J connectivity index is 2.25. The van der Waals surface area contributed by atoms with Crippen LogP contribution in [-0.2, 0) is 4.74 Å². The van der Waals surface area contributed by atoms with Crippen molar-refractivity contribution in [3.05, 3.63) is 53.6 Å². The van der Waals surface area contributed by atoms with Crippen molar-refractivity contribution in [3.8, 4) is 17.2 Å². The fraction of sp³-hybridized carbons (Fsp3) is 0.263. The zero-order valence-electron chi connectivity index (χ0n) is 13.8. The van der Waals surface area contributed by atoms with Gasteiger partial charge in [0.1, 0.15) is 5.60 Å². The molecular weight excluding hydrogens is 288 g/mol. The van der Waals surface area contributed by atoms with Crippen LogP contribution in [0.25, 0.3) is 11.1 Å². The molecule has 0 heterocycles. The van der Waals surface area contributed by atoms with Crippen molar-refractivity contribution < 1.29 is 9.53 Å². The molecule has 0 aliphatic rings. The van der Waals surface area contributed by atoms with Crippen LogP contribution in [0.4, 0.5) is 10.5 Å².